The SMILES string of the molecule is CC(C)(C)c1cc([C+]2c3ccc([nH]3)[C+](c3cc(C(C)(C)C)cc(C(C)(C)C)c3)c3ccc([nH]3)[C+](c3cn(Cc4ccccc4)nn3)c3ccc([nH]3)[C+](c3cc(C(C)(C)C)cc(C(C)(C)C)c3)c3ccc2[nH]3)cc(C(C)(C)C)c1. The molecule has 6 heterocycles. The zero-order valence-electron chi connectivity index (χ0n) is 49.8. The summed E-state index contributed by atoms with van der Waals surface area (Å²) in [7, 11) is 0. The van der Waals surface area contributed by atoms with Crippen molar-refractivity contribution in [2.45, 2.75) is 164 Å². The number of aromatic amines is 4. The van der Waals surface area contributed by atoms with E-state index in [2.05, 4.69) is 278 Å². The third-order valence-electron chi connectivity index (χ3n) is 15.7. The van der Waals surface area contributed by atoms with Crippen LogP contribution >= 0.6 is 0 Å². The molecular weight excluding hydrogens is 951 g/mol. The molecule has 0 aliphatic carbocycles. The van der Waals surface area contributed by atoms with Crippen LogP contribution in [0.25, 0.3) is 0 Å². The first-order chi connectivity index (χ1) is 36.4. The van der Waals surface area contributed by atoms with Crippen molar-refractivity contribution in [3.8, 4) is 0 Å². The van der Waals surface area contributed by atoms with Gasteiger partial charge in [-0.2, -0.15) is 0 Å². The Morgan fingerprint density at radius 3 is 0.846 bits per heavy atom. The molecule has 398 valence electrons. The summed E-state index contributed by atoms with van der Waals surface area (Å²) in [6, 6.07) is 50.2. The Kier molecular flexibility index (Phi) is 13.3. The van der Waals surface area contributed by atoms with E-state index in [-0.39, 0.29) is 32.5 Å². The lowest BCUT2D eigenvalue weighted by molar-refractivity contribution is 0.567. The highest BCUT2D eigenvalue weighted by Crippen LogP contribution is 2.44. The largest absolute Gasteiger partial charge is 0.327 e. The molecule has 0 atom stereocenters. The molecule has 5 aromatic heterocycles. The highest BCUT2D eigenvalue weighted by atomic mass is 15.4. The zero-order valence-corrected chi connectivity index (χ0v) is 49.8. The Balaban J connectivity index is 1.27. The minimum Gasteiger partial charge on any atom is -0.327 e. The van der Waals surface area contributed by atoms with E-state index in [9.17, 15) is 0 Å². The van der Waals surface area contributed by atoms with E-state index in [0.717, 1.165) is 97.2 Å². The lowest BCUT2D eigenvalue weighted by atomic mass is 9.77. The maximum absolute atomic E-state index is 4.95. The van der Waals surface area contributed by atoms with Crippen LogP contribution in [-0.4, -0.2) is 34.9 Å². The van der Waals surface area contributed by atoms with Gasteiger partial charge in [-0.15, -0.1) is 5.10 Å². The fourth-order valence-electron chi connectivity index (χ4n) is 10.7. The van der Waals surface area contributed by atoms with Gasteiger partial charge in [-0.1, -0.05) is 160 Å². The second-order valence-electron chi connectivity index (χ2n) is 28.3. The molecule has 0 spiro atoms. The number of H-pyrrole nitrogens is 4. The first-order valence-corrected chi connectivity index (χ1v) is 28.1. The normalized spacial score (nSPS) is 14.0. The molecule has 0 saturated heterocycles. The second-order valence-corrected chi connectivity index (χ2v) is 28.3. The maximum Gasteiger partial charge on any atom is 0.198 e. The summed E-state index contributed by atoms with van der Waals surface area (Å²) >= 11 is 0. The maximum atomic E-state index is 4.95. The van der Waals surface area contributed by atoms with Crippen molar-refractivity contribution in [1.82, 2.24) is 34.9 Å². The van der Waals surface area contributed by atoms with Crippen LogP contribution in [0.1, 0.15) is 232 Å². The van der Waals surface area contributed by atoms with Crippen molar-refractivity contribution in [2.24, 2.45) is 0 Å². The van der Waals surface area contributed by atoms with Gasteiger partial charge in [0.1, 0.15) is 75.4 Å². The van der Waals surface area contributed by atoms with E-state index in [1.165, 1.54) is 33.4 Å². The van der Waals surface area contributed by atoms with E-state index >= 15 is 0 Å². The minimum atomic E-state index is -0.0954. The molecule has 1 aliphatic heterocycles. The Morgan fingerprint density at radius 2 is 0.590 bits per heavy atom. The van der Waals surface area contributed by atoms with Crippen molar-refractivity contribution < 1.29 is 0 Å². The molecule has 1 aliphatic rings. The van der Waals surface area contributed by atoms with E-state index in [4.69, 9.17) is 10.3 Å². The molecule has 0 saturated carbocycles. The molecule has 0 fully saturated rings. The molecule has 0 radical (unpaired) electrons. The van der Waals surface area contributed by atoms with E-state index in [1.54, 1.807) is 0 Å². The lowest BCUT2D eigenvalue weighted by Gasteiger charge is -2.25. The molecule has 78 heavy (non-hydrogen) atoms. The van der Waals surface area contributed by atoms with Crippen LogP contribution in [0.2, 0.25) is 0 Å². The van der Waals surface area contributed by atoms with Crippen LogP contribution in [-0.2, 0) is 39.0 Å². The quantitative estimate of drug-likeness (QED) is 0.125. The average Bonchev–Trinajstić information content (AvgIpc) is 4.24. The number of benzene rings is 4. The number of hydrogen-bond acceptors (Lipinski definition) is 2. The summed E-state index contributed by atoms with van der Waals surface area (Å²) in [5.41, 5.74) is 20.5. The third-order valence-corrected chi connectivity index (χ3v) is 15.7. The van der Waals surface area contributed by atoms with Gasteiger partial charge in [-0.05, 0) is 89.6 Å². The molecule has 4 aromatic carbocycles. The predicted molar refractivity (Wildman–Crippen MR) is 322 cm³/mol. The first-order valence-electron chi connectivity index (χ1n) is 28.1. The summed E-state index contributed by atoms with van der Waals surface area (Å²) in [6.07, 6.45) is 2.08. The Hall–Kier alpha value is -7.38. The van der Waals surface area contributed by atoms with Gasteiger partial charge < -0.3 is 19.9 Å². The monoisotopic (exact) mass is 1030 g/mol. The van der Waals surface area contributed by atoms with E-state index in [0.29, 0.717) is 6.54 Å². The van der Waals surface area contributed by atoms with Gasteiger partial charge in [-0.25, -0.2) is 4.68 Å². The minimum absolute atomic E-state index is 0.0904. The number of rotatable bonds is 6. The zero-order chi connectivity index (χ0) is 56.1. The standard InChI is InChI=1S/C71H83N7/c1-66(2,3)47-32-44(33-48(38-47)67(4,5)6)62-53-24-26-55(72-53)63(45-34-49(68(7,8)9)39-50(35-45)69(10,11)12)57-28-30-59(74-57)65(61-42-78(77-76-61)41-43-22-20-19-21-23-43)60-31-29-58(75-60)64(56-27-25-54(62)73-56)46-36-51(70(13,14)15)40-52(37-46)71(16,17)18/h19-40,42,72-75H,41H2,1-18H3/q+4. The highest BCUT2D eigenvalue weighted by Gasteiger charge is 2.41. The lowest BCUT2D eigenvalue weighted by Crippen LogP contribution is -2.19. The second kappa shape index (κ2) is 19.2. The Bertz CT molecular complexity index is 3320. The third kappa shape index (κ3) is 10.9. The van der Waals surface area contributed by atoms with Crippen molar-refractivity contribution in [2.75, 3.05) is 0 Å². The van der Waals surface area contributed by atoms with Gasteiger partial charge in [0, 0.05) is 36.4 Å². The summed E-state index contributed by atoms with van der Waals surface area (Å²) in [5.74, 6) is 4.22. The molecule has 10 rings (SSSR count). The summed E-state index contributed by atoms with van der Waals surface area (Å²) < 4.78 is 1.94. The number of fused-ring (bicyclic) bond motifs is 8. The van der Waals surface area contributed by atoms with E-state index in [1.807, 2.05) is 10.7 Å². The van der Waals surface area contributed by atoms with Gasteiger partial charge in [0.2, 0.25) is 0 Å². The van der Waals surface area contributed by atoms with Crippen LogP contribution in [0, 0.1) is 23.7 Å². The van der Waals surface area contributed by atoms with Crippen molar-refractivity contribution in [3.05, 3.63) is 270 Å². The predicted octanol–water partition coefficient (Wildman–Crippen LogP) is 16.8. The van der Waals surface area contributed by atoms with Crippen molar-refractivity contribution >= 4 is 0 Å². The summed E-state index contributed by atoms with van der Waals surface area (Å²) in [6.45, 7) is 42.3. The van der Waals surface area contributed by atoms with Crippen LogP contribution in [0.4, 0.5) is 0 Å². The van der Waals surface area contributed by atoms with Crippen LogP contribution in [0.5, 0.6) is 0 Å². The van der Waals surface area contributed by atoms with Crippen LogP contribution in [0.3, 0.4) is 0 Å². The highest BCUT2D eigenvalue weighted by molar-refractivity contribution is 5.65. The van der Waals surface area contributed by atoms with Gasteiger partial charge in [0.05, 0.1) is 71.8 Å². The molecule has 7 heteroatoms. The van der Waals surface area contributed by atoms with Gasteiger partial charge in [0.15, 0.2) is 5.69 Å². The molecule has 9 aromatic rings. The average molecular weight is 1030 g/mol. The molecule has 4 N–H and O–H groups in total. The van der Waals surface area contributed by atoms with Crippen LogP contribution in [0.15, 0.2) is 140 Å². The number of aromatic nitrogens is 7. The number of hydrogen-bond donors (Lipinski definition) is 4. The number of nitrogens with one attached hydrogen (secondary N) is 4. The number of nitrogens with zero attached hydrogens (tertiary/aromatic N) is 3. The molecule has 0 amide bonds. The molecule has 0 unspecified atom stereocenters. The van der Waals surface area contributed by atoms with Crippen molar-refractivity contribution in [3.63, 3.8) is 0 Å². The Morgan fingerprint density at radius 1 is 0.333 bits per heavy atom. The van der Waals surface area contributed by atoms with E-state index < -0.39 is 0 Å². The first kappa shape index (κ1) is 54.0. The van der Waals surface area contributed by atoms with Gasteiger partial charge >= 0.3 is 0 Å². The molecule has 7 nitrogen and oxygen atoms in total. The fourth-order valence-corrected chi connectivity index (χ4v) is 10.7. The topological polar surface area (TPSA) is 93.9 Å². The Labute approximate surface area is 466 Å². The molecular formula is C71H83N7+4. The molecule has 8 bridgehead atoms. The van der Waals surface area contributed by atoms with Crippen molar-refractivity contribution in [1.29, 1.82) is 0 Å². The van der Waals surface area contributed by atoms with Crippen LogP contribution < -0.4 is 0 Å². The fraction of sp³-hybridized carbons (Fsp3) is 0.352. The van der Waals surface area contributed by atoms with Gasteiger partial charge in [-0.3, -0.25) is 0 Å². The smallest absolute Gasteiger partial charge is 0.198 e. The summed E-state index contributed by atoms with van der Waals surface area (Å²) in [4.78, 5) is 16.3. The summed E-state index contributed by atoms with van der Waals surface area (Å²) in [5, 5.41) is 9.71. The van der Waals surface area contributed by atoms with Gasteiger partial charge in [0.25, 0.3) is 0 Å².